The molecule has 1 saturated carbocycles. The molecular weight excluding hydrogens is 334 g/mol. The van der Waals surface area contributed by atoms with Crippen LogP contribution in [0.1, 0.15) is 56.8 Å². The topological polar surface area (TPSA) is 57.0 Å². The van der Waals surface area contributed by atoms with E-state index in [1.165, 1.54) is 17.3 Å². The highest BCUT2D eigenvalue weighted by molar-refractivity contribution is 8.00. The molecule has 1 aromatic carbocycles. The van der Waals surface area contributed by atoms with Gasteiger partial charge in [-0.15, -0.1) is 10.2 Å². The Hall–Kier alpha value is -1.82. The largest absolute Gasteiger partial charge is 0.465 e. The van der Waals surface area contributed by atoms with E-state index in [2.05, 4.69) is 52.9 Å². The lowest BCUT2D eigenvalue weighted by atomic mass is 10.2. The summed E-state index contributed by atoms with van der Waals surface area (Å²) < 4.78 is 7.35. The number of esters is 1. The van der Waals surface area contributed by atoms with Gasteiger partial charge in [0, 0.05) is 11.6 Å². The van der Waals surface area contributed by atoms with Crippen molar-refractivity contribution in [2.45, 2.75) is 62.8 Å². The number of aryl methyl sites for hydroxylation is 1. The van der Waals surface area contributed by atoms with Crippen LogP contribution < -0.4 is 0 Å². The van der Waals surface area contributed by atoms with Crippen LogP contribution >= 0.6 is 11.8 Å². The zero-order valence-corrected chi connectivity index (χ0v) is 15.9. The zero-order chi connectivity index (χ0) is 17.8. The first-order valence-corrected chi connectivity index (χ1v) is 9.87. The molecule has 1 aliphatic carbocycles. The Morgan fingerprint density at radius 3 is 2.60 bits per heavy atom. The summed E-state index contributed by atoms with van der Waals surface area (Å²) in [5, 5.41) is 9.37. The van der Waals surface area contributed by atoms with Crippen molar-refractivity contribution in [3.8, 4) is 5.69 Å². The zero-order valence-electron chi connectivity index (χ0n) is 15.1. The van der Waals surface area contributed by atoms with Gasteiger partial charge < -0.3 is 4.74 Å². The van der Waals surface area contributed by atoms with Crippen LogP contribution in [-0.2, 0) is 9.53 Å². The quantitative estimate of drug-likeness (QED) is 0.520. The smallest absolute Gasteiger partial charge is 0.319 e. The van der Waals surface area contributed by atoms with E-state index in [4.69, 9.17) is 4.74 Å². The van der Waals surface area contributed by atoms with Crippen molar-refractivity contribution in [1.29, 1.82) is 0 Å². The summed E-state index contributed by atoms with van der Waals surface area (Å²) in [5.74, 6) is 1.32. The Kier molecular flexibility index (Phi) is 5.78. The lowest BCUT2D eigenvalue weighted by Crippen LogP contribution is -2.21. The van der Waals surface area contributed by atoms with Gasteiger partial charge in [-0.3, -0.25) is 9.36 Å². The molecule has 25 heavy (non-hydrogen) atoms. The van der Waals surface area contributed by atoms with Crippen LogP contribution in [0.4, 0.5) is 0 Å². The number of thioether (sulfide) groups is 1. The SMILES string of the molecule is CCC[C@H](Sc1nnc(C2CC2)n1-c1ccc(C)cc1)C(=O)OCC. The van der Waals surface area contributed by atoms with Crippen molar-refractivity contribution in [3.63, 3.8) is 0 Å². The summed E-state index contributed by atoms with van der Waals surface area (Å²) in [6.45, 7) is 6.39. The van der Waals surface area contributed by atoms with Gasteiger partial charge in [0.1, 0.15) is 11.1 Å². The molecule has 5 nitrogen and oxygen atoms in total. The minimum Gasteiger partial charge on any atom is -0.465 e. The van der Waals surface area contributed by atoms with Crippen LogP contribution in [0.3, 0.4) is 0 Å². The third kappa shape index (κ3) is 4.24. The molecule has 2 aromatic rings. The van der Waals surface area contributed by atoms with Crippen LogP contribution in [0.25, 0.3) is 5.69 Å². The molecule has 0 saturated heterocycles. The lowest BCUT2D eigenvalue weighted by molar-refractivity contribution is -0.142. The fraction of sp³-hybridized carbons (Fsp3) is 0.526. The number of carbonyl (C=O) groups is 1. The highest BCUT2D eigenvalue weighted by Gasteiger charge is 2.32. The molecule has 0 aliphatic heterocycles. The Labute approximate surface area is 153 Å². The first-order valence-electron chi connectivity index (χ1n) is 8.99. The molecule has 0 bridgehead atoms. The Bertz CT molecular complexity index is 723. The molecule has 0 N–H and O–H groups in total. The molecule has 6 heteroatoms. The minimum atomic E-state index is -0.245. The van der Waals surface area contributed by atoms with Crippen molar-refractivity contribution in [1.82, 2.24) is 14.8 Å². The molecule has 1 heterocycles. The van der Waals surface area contributed by atoms with Gasteiger partial charge in [0.05, 0.1) is 6.61 Å². The molecule has 1 aromatic heterocycles. The normalized spacial score (nSPS) is 15.2. The molecule has 0 unspecified atom stereocenters. The van der Waals surface area contributed by atoms with Crippen molar-refractivity contribution < 1.29 is 9.53 Å². The van der Waals surface area contributed by atoms with Gasteiger partial charge in [0.25, 0.3) is 0 Å². The molecule has 1 aliphatic rings. The van der Waals surface area contributed by atoms with Crippen LogP contribution in [0.5, 0.6) is 0 Å². The van der Waals surface area contributed by atoms with Gasteiger partial charge in [0.2, 0.25) is 0 Å². The van der Waals surface area contributed by atoms with Gasteiger partial charge in [-0.1, -0.05) is 42.8 Å². The number of carbonyl (C=O) groups excluding carboxylic acids is 1. The van der Waals surface area contributed by atoms with Gasteiger partial charge in [-0.2, -0.15) is 0 Å². The molecule has 1 atom stereocenters. The number of hydrogen-bond acceptors (Lipinski definition) is 5. The second-order valence-corrected chi connectivity index (χ2v) is 7.60. The molecule has 0 radical (unpaired) electrons. The Morgan fingerprint density at radius 2 is 2.00 bits per heavy atom. The van der Waals surface area contributed by atoms with Crippen molar-refractivity contribution >= 4 is 17.7 Å². The van der Waals surface area contributed by atoms with Gasteiger partial charge >= 0.3 is 5.97 Å². The summed E-state index contributed by atoms with van der Waals surface area (Å²) >= 11 is 1.47. The molecular formula is C19H25N3O2S. The third-order valence-electron chi connectivity index (χ3n) is 4.24. The number of rotatable bonds is 8. The van der Waals surface area contributed by atoms with Gasteiger partial charge in [0.15, 0.2) is 5.16 Å². The number of nitrogens with zero attached hydrogens (tertiary/aromatic N) is 3. The summed E-state index contributed by atoms with van der Waals surface area (Å²) in [6.07, 6.45) is 4.00. The average Bonchev–Trinajstić information content (AvgIpc) is 3.36. The minimum absolute atomic E-state index is 0.166. The van der Waals surface area contributed by atoms with Crippen LogP contribution in [0, 0.1) is 6.92 Å². The molecule has 1 fully saturated rings. The maximum absolute atomic E-state index is 12.3. The summed E-state index contributed by atoms with van der Waals surface area (Å²) in [4.78, 5) is 12.3. The molecule has 3 rings (SSSR count). The van der Waals surface area contributed by atoms with E-state index in [1.54, 1.807) is 0 Å². The second-order valence-electron chi connectivity index (χ2n) is 6.43. The van der Waals surface area contributed by atoms with Crippen molar-refractivity contribution in [2.75, 3.05) is 6.61 Å². The first-order chi connectivity index (χ1) is 12.1. The van der Waals surface area contributed by atoms with Crippen molar-refractivity contribution in [3.05, 3.63) is 35.7 Å². The predicted octanol–water partition coefficient (Wildman–Crippen LogP) is 4.28. The number of hydrogen-bond donors (Lipinski definition) is 0. The predicted molar refractivity (Wildman–Crippen MR) is 99.3 cm³/mol. The van der Waals surface area contributed by atoms with Crippen LogP contribution in [-0.4, -0.2) is 32.6 Å². The standard InChI is InChI=1S/C19H25N3O2S/c1-4-6-16(18(23)24-5-2)25-19-21-20-17(14-9-10-14)22(19)15-11-7-13(3)8-12-15/h7-8,11-12,14,16H,4-6,9-10H2,1-3H3/t16-/m0/s1. The molecule has 0 spiro atoms. The number of aromatic nitrogens is 3. The van der Waals surface area contributed by atoms with Gasteiger partial charge in [-0.05, 0) is 45.2 Å². The molecule has 134 valence electrons. The van der Waals surface area contributed by atoms with E-state index in [0.29, 0.717) is 12.5 Å². The Morgan fingerprint density at radius 1 is 1.28 bits per heavy atom. The second kappa shape index (κ2) is 8.04. The fourth-order valence-electron chi connectivity index (χ4n) is 2.75. The maximum atomic E-state index is 12.3. The fourth-order valence-corrected chi connectivity index (χ4v) is 3.91. The summed E-state index contributed by atoms with van der Waals surface area (Å²) in [5.41, 5.74) is 2.27. The maximum Gasteiger partial charge on any atom is 0.319 e. The average molecular weight is 359 g/mol. The summed E-state index contributed by atoms with van der Waals surface area (Å²) in [7, 11) is 0. The van der Waals surface area contributed by atoms with Crippen LogP contribution in [0.15, 0.2) is 29.4 Å². The molecule has 0 amide bonds. The van der Waals surface area contributed by atoms with Crippen molar-refractivity contribution in [2.24, 2.45) is 0 Å². The van der Waals surface area contributed by atoms with E-state index >= 15 is 0 Å². The third-order valence-corrected chi connectivity index (χ3v) is 5.43. The summed E-state index contributed by atoms with van der Waals surface area (Å²) in [6, 6.07) is 8.37. The monoisotopic (exact) mass is 359 g/mol. The van der Waals surface area contributed by atoms with E-state index in [1.807, 2.05) is 6.92 Å². The lowest BCUT2D eigenvalue weighted by Gasteiger charge is -2.15. The van der Waals surface area contributed by atoms with E-state index < -0.39 is 0 Å². The highest BCUT2D eigenvalue weighted by atomic mass is 32.2. The number of benzene rings is 1. The Balaban J connectivity index is 1.92. The first kappa shape index (κ1) is 18.0. The highest BCUT2D eigenvalue weighted by Crippen LogP contribution is 2.41. The van der Waals surface area contributed by atoms with E-state index in [9.17, 15) is 4.79 Å². The van der Waals surface area contributed by atoms with Crippen LogP contribution in [0.2, 0.25) is 0 Å². The van der Waals surface area contributed by atoms with E-state index in [-0.39, 0.29) is 11.2 Å². The van der Waals surface area contributed by atoms with Gasteiger partial charge in [-0.25, -0.2) is 0 Å². The number of ether oxygens (including phenoxy) is 1. The van der Waals surface area contributed by atoms with E-state index in [0.717, 1.165) is 42.4 Å².